The second-order valence-corrected chi connectivity index (χ2v) is 8.64. The van der Waals surface area contributed by atoms with Crippen LogP contribution in [-0.4, -0.2) is 14.4 Å². The van der Waals surface area contributed by atoms with Gasteiger partial charge in [0.2, 0.25) is 5.88 Å². The SMILES string of the molecule is c1ccc(COc2ccccc2-c2nc3c(c4nc5ccccc5n24)Cc2ccccc2O3)cc1. The predicted molar refractivity (Wildman–Crippen MR) is 136 cm³/mol. The third-order valence-electron chi connectivity index (χ3n) is 6.42. The van der Waals surface area contributed by atoms with Crippen LogP contribution in [-0.2, 0) is 13.0 Å². The highest BCUT2D eigenvalue weighted by Crippen LogP contribution is 2.41. The second-order valence-electron chi connectivity index (χ2n) is 8.64. The summed E-state index contributed by atoms with van der Waals surface area (Å²) in [6, 6.07) is 34.5. The van der Waals surface area contributed by atoms with Gasteiger partial charge in [0.15, 0.2) is 5.82 Å². The summed E-state index contributed by atoms with van der Waals surface area (Å²) < 4.78 is 14.7. The van der Waals surface area contributed by atoms with Crippen molar-refractivity contribution in [3.05, 3.63) is 120 Å². The summed E-state index contributed by atoms with van der Waals surface area (Å²) in [5, 5.41) is 0. The predicted octanol–water partition coefficient (Wildman–Crippen LogP) is 6.83. The number of hydrogen-bond donors (Lipinski definition) is 0. The molecule has 0 spiro atoms. The van der Waals surface area contributed by atoms with Gasteiger partial charge in [0.25, 0.3) is 0 Å². The van der Waals surface area contributed by atoms with Gasteiger partial charge >= 0.3 is 0 Å². The fourth-order valence-electron chi connectivity index (χ4n) is 4.73. The molecule has 3 heterocycles. The first kappa shape index (κ1) is 19.8. The molecule has 0 aliphatic carbocycles. The van der Waals surface area contributed by atoms with Crippen molar-refractivity contribution in [1.82, 2.24) is 14.4 Å². The fourth-order valence-corrected chi connectivity index (χ4v) is 4.73. The summed E-state index contributed by atoms with van der Waals surface area (Å²) >= 11 is 0. The van der Waals surface area contributed by atoms with E-state index in [0.29, 0.717) is 12.5 Å². The second kappa shape index (κ2) is 7.99. The molecule has 168 valence electrons. The Labute approximate surface area is 202 Å². The van der Waals surface area contributed by atoms with Gasteiger partial charge in [-0.05, 0) is 41.5 Å². The third-order valence-corrected chi connectivity index (χ3v) is 6.42. The summed E-state index contributed by atoms with van der Waals surface area (Å²) in [5.41, 5.74) is 6.91. The lowest BCUT2D eigenvalue weighted by molar-refractivity contribution is 0.307. The largest absolute Gasteiger partial charge is 0.488 e. The maximum absolute atomic E-state index is 6.31. The van der Waals surface area contributed by atoms with Gasteiger partial charge in [0.05, 0.1) is 22.2 Å². The lowest BCUT2D eigenvalue weighted by Crippen LogP contribution is -2.10. The fraction of sp³-hybridized carbons (Fsp3) is 0.0667. The number of nitrogens with zero attached hydrogens (tertiary/aromatic N) is 3. The van der Waals surface area contributed by atoms with Crippen molar-refractivity contribution in [3.63, 3.8) is 0 Å². The molecule has 5 heteroatoms. The van der Waals surface area contributed by atoms with Gasteiger partial charge < -0.3 is 9.47 Å². The molecule has 0 unspecified atom stereocenters. The summed E-state index contributed by atoms with van der Waals surface area (Å²) in [6.45, 7) is 0.473. The van der Waals surface area contributed by atoms with E-state index in [1.165, 1.54) is 0 Å². The monoisotopic (exact) mass is 455 g/mol. The molecular formula is C30H21N3O2. The van der Waals surface area contributed by atoms with Crippen molar-refractivity contribution >= 4 is 16.7 Å². The standard InChI is InChI=1S/C30H21N3O2/c1-2-10-20(11-3-1)19-34-27-17-9-5-13-22(27)28-32-30-23(18-21-12-4-8-16-26(21)35-30)29-31-24-14-6-7-15-25(24)33(28)29/h1-17H,18-19H2. The Bertz CT molecular complexity index is 1710. The number of para-hydroxylation sites is 4. The van der Waals surface area contributed by atoms with Crippen LogP contribution in [0.3, 0.4) is 0 Å². The van der Waals surface area contributed by atoms with Crippen LogP contribution < -0.4 is 9.47 Å². The molecule has 5 nitrogen and oxygen atoms in total. The van der Waals surface area contributed by atoms with Crippen LogP contribution in [0.25, 0.3) is 28.1 Å². The Morgan fingerprint density at radius 3 is 2.49 bits per heavy atom. The summed E-state index contributed by atoms with van der Waals surface area (Å²) in [7, 11) is 0. The van der Waals surface area contributed by atoms with Gasteiger partial charge in [-0.15, -0.1) is 0 Å². The van der Waals surface area contributed by atoms with E-state index in [1.807, 2.05) is 78.9 Å². The van der Waals surface area contributed by atoms with Crippen molar-refractivity contribution in [3.8, 4) is 28.8 Å². The summed E-state index contributed by atoms with van der Waals surface area (Å²) in [5.74, 6) is 2.95. The molecule has 2 aromatic heterocycles. The van der Waals surface area contributed by atoms with Gasteiger partial charge in [-0.25, -0.2) is 4.98 Å². The van der Waals surface area contributed by atoms with Crippen LogP contribution in [0.15, 0.2) is 103 Å². The number of ether oxygens (including phenoxy) is 2. The molecule has 0 radical (unpaired) electrons. The lowest BCUT2D eigenvalue weighted by Gasteiger charge is -2.21. The normalized spacial score (nSPS) is 12.2. The molecule has 6 aromatic rings. The van der Waals surface area contributed by atoms with E-state index in [4.69, 9.17) is 19.4 Å². The molecule has 4 aromatic carbocycles. The summed E-state index contributed by atoms with van der Waals surface area (Å²) in [4.78, 5) is 10.1. The molecule has 0 saturated heterocycles. The third kappa shape index (κ3) is 3.32. The van der Waals surface area contributed by atoms with Gasteiger partial charge in [0.1, 0.15) is 23.8 Å². The number of imidazole rings is 1. The quantitative estimate of drug-likeness (QED) is 0.292. The van der Waals surface area contributed by atoms with Crippen LogP contribution in [0.5, 0.6) is 17.4 Å². The minimum Gasteiger partial charge on any atom is -0.488 e. The van der Waals surface area contributed by atoms with Crippen molar-refractivity contribution in [1.29, 1.82) is 0 Å². The van der Waals surface area contributed by atoms with Crippen LogP contribution in [0.2, 0.25) is 0 Å². The highest BCUT2D eigenvalue weighted by atomic mass is 16.5. The zero-order valence-electron chi connectivity index (χ0n) is 18.9. The average Bonchev–Trinajstić information content (AvgIpc) is 3.31. The Hall–Kier alpha value is -4.64. The zero-order chi connectivity index (χ0) is 23.2. The van der Waals surface area contributed by atoms with E-state index in [0.717, 1.165) is 62.7 Å². The molecule has 0 amide bonds. The topological polar surface area (TPSA) is 48.7 Å². The van der Waals surface area contributed by atoms with Crippen molar-refractivity contribution < 1.29 is 9.47 Å². The van der Waals surface area contributed by atoms with Crippen LogP contribution >= 0.6 is 0 Å². The van der Waals surface area contributed by atoms with E-state index in [-0.39, 0.29) is 0 Å². The Morgan fingerprint density at radius 1 is 0.771 bits per heavy atom. The maximum atomic E-state index is 6.31. The molecule has 0 saturated carbocycles. The minimum absolute atomic E-state index is 0.473. The molecule has 0 N–H and O–H groups in total. The first-order valence-corrected chi connectivity index (χ1v) is 11.7. The first-order chi connectivity index (χ1) is 17.3. The van der Waals surface area contributed by atoms with Gasteiger partial charge in [-0.1, -0.05) is 72.8 Å². The molecule has 35 heavy (non-hydrogen) atoms. The average molecular weight is 456 g/mol. The van der Waals surface area contributed by atoms with E-state index in [9.17, 15) is 0 Å². The molecule has 7 rings (SSSR count). The highest BCUT2D eigenvalue weighted by Gasteiger charge is 2.26. The van der Waals surface area contributed by atoms with Crippen LogP contribution in [0, 0.1) is 0 Å². The first-order valence-electron chi connectivity index (χ1n) is 11.7. The Morgan fingerprint density at radius 2 is 1.54 bits per heavy atom. The lowest BCUT2D eigenvalue weighted by atomic mass is 10.0. The van der Waals surface area contributed by atoms with Crippen molar-refractivity contribution in [2.24, 2.45) is 0 Å². The van der Waals surface area contributed by atoms with E-state index in [1.54, 1.807) is 0 Å². The van der Waals surface area contributed by atoms with Gasteiger partial charge in [-0.3, -0.25) is 4.40 Å². The molecule has 0 fully saturated rings. The van der Waals surface area contributed by atoms with E-state index < -0.39 is 0 Å². The van der Waals surface area contributed by atoms with Crippen LogP contribution in [0.4, 0.5) is 0 Å². The highest BCUT2D eigenvalue weighted by molar-refractivity contribution is 5.85. The Kier molecular flexibility index (Phi) is 4.52. The molecule has 1 aliphatic rings. The smallest absolute Gasteiger partial charge is 0.228 e. The molecular weight excluding hydrogens is 434 g/mol. The van der Waals surface area contributed by atoms with Gasteiger partial charge in [-0.2, -0.15) is 4.98 Å². The Balaban J connectivity index is 1.44. The van der Waals surface area contributed by atoms with Gasteiger partial charge in [0, 0.05) is 6.42 Å². The number of hydrogen-bond acceptors (Lipinski definition) is 4. The molecule has 0 bridgehead atoms. The van der Waals surface area contributed by atoms with E-state index >= 15 is 0 Å². The van der Waals surface area contributed by atoms with E-state index in [2.05, 4.69) is 28.7 Å². The zero-order valence-corrected chi connectivity index (χ0v) is 18.9. The number of fused-ring (bicyclic) bond motifs is 6. The van der Waals surface area contributed by atoms with Crippen molar-refractivity contribution in [2.75, 3.05) is 0 Å². The van der Waals surface area contributed by atoms with Crippen molar-refractivity contribution in [2.45, 2.75) is 13.0 Å². The number of rotatable bonds is 4. The molecule has 0 atom stereocenters. The number of benzene rings is 4. The van der Waals surface area contributed by atoms with Crippen LogP contribution in [0.1, 0.15) is 16.7 Å². The number of aromatic nitrogens is 3. The maximum Gasteiger partial charge on any atom is 0.228 e. The summed E-state index contributed by atoms with van der Waals surface area (Å²) in [6.07, 6.45) is 0.720. The molecule has 1 aliphatic heterocycles. The minimum atomic E-state index is 0.473.